The minimum Gasteiger partial charge on any atom is -0.439 e. The van der Waals surface area contributed by atoms with E-state index in [1.807, 2.05) is 13.8 Å². The summed E-state index contributed by atoms with van der Waals surface area (Å²) in [4.78, 5) is 38.9. The smallest absolute Gasteiger partial charge is 0.311 e. The van der Waals surface area contributed by atoms with Gasteiger partial charge in [0.15, 0.2) is 0 Å². The van der Waals surface area contributed by atoms with Gasteiger partial charge in [-0.05, 0) is 18.8 Å². The molecule has 2 atom stereocenters. The van der Waals surface area contributed by atoms with Gasteiger partial charge in [0.1, 0.15) is 0 Å². The Kier molecular flexibility index (Phi) is 9.23. The quantitative estimate of drug-likeness (QED) is 0.277. The number of ether oxygens (including phenoxy) is 1. The first-order valence-corrected chi connectivity index (χ1v) is 6.37. The van der Waals surface area contributed by atoms with Crippen molar-refractivity contribution in [1.82, 2.24) is 0 Å². The first-order chi connectivity index (χ1) is 9.06. The van der Waals surface area contributed by atoms with Crippen molar-refractivity contribution < 1.29 is 19.1 Å². The average molecular weight is 268 g/mol. The van der Waals surface area contributed by atoms with Crippen molar-refractivity contribution in [2.24, 2.45) is 21.8 Å². The Labute approximate surface area is 113 Å². The largest absolute Gasteiger partial charge is 0.439 e. The minimum atomic E-state index is -0.765. The highest BCUT2D eigenvalue weighted by molar-refractivity contribution is 5.72. The van der Waals surface area contributed by atoms with Crippen LogP contribution in [0.15, 0.2) is 9.98 Å². The van der Waals surface area contributed by atoms with E-state index in [9.17, 15) is 14.4 Å². The third-order valence-corrected chi connectivity index (χ3v) is 2.76. The summed E-state index contributed by atoms with van der Waals surface area (Å²) in [5.74, 6) is -0.570. The molecule has 0 amide bonds. The molecule has 0 fully saturated rings. The van der Waals surface area contributed by atoms with Crippen molar-refractivity contribution in [3.05, 3.63) is 0 Å². The summed E-state index contributed by atoms with van der Waals surface area (Å²) >= 11 is 0. The van der Waals surface area contributed by atoms with Crippen LogP contribution in [-0.2, 0) is 19.1 Å². The molecule has 0 radical (unpaired) electrons. The number of nitrogens with zero attached hydrogens (tertiary/aromatic N) is 2. The molecule has 0 aliphatic rings. The summed E-state index contributed by atoms with van der Waals surface area (Å²) in [6, 6.07) is 0. The molecule has 6 nitrogen and oxygen atoms in total. The van der Waals surface area contributed by atoms with Crippen LogP contribution in [0.5, 0.6) is 0 Å². The standard InChI is InChI=1S/C13H20N2O4/c1-4-12(15-9-17)19-13(18)11(10(2)3)6-5-7-14-8-16/h10-12H,4-7H2,1-3H3. The predicted octanol–water partition coefficient (Wildman–Crippen LogP) is 1.99. The molecular weight excluding hydrogens is 248 g/mol. The molecule has 0 aliphatic heterocycles. The zero-order valence-corrected chi connectivity index (χ0v) is 11.6. The van der Waals surface area contributed by atoms with E-state index in [2.05, 4.69) is 9.98 Å². The Hall–Kier alpha value is -1.77. The van der Waals surface area contributed by atoms with Crippen molar-refractivity contribution >= 4 is 18.1 Å². The summed E-state index contributed by atoms with van der Waals surface area (Å²) in [6.45, 7) is 5.95. The number of hydrogen-bond donors (Lipinski definition) is 0. The molecule has 0 heterocycles. The van der Waals surface area contributed by atoms with Crippen LogP contribution in [0.3, 0.4) is 0 Å². The van der Waals surface area contributed by atoms with Gasteiger partial charge in [0.05, 0.1) is 12.5 Å². The second kappa shape index (κ2) is 10.2. The van der Waals surface area contributed by atoms with E-state index in [0.717, 1.165) is 0 Å². The molecule has 0 N–H and O–H groups in total. The van der Waals surface area contributed by atoms with Crippen LogP contribution < -0.4 is 0 Å². The maximum Gasteiger partial charge on any atom is 0.311 e. The molecule has 0 aromatic rings. The second-order valence-corrected chi connectivity index (χ2v) is 4.49. The van der Waals surface area contributed by atoms with Crippen LogP contribution in [0, 0.1) is 11.8 Å². The fourth-order valence-corrected chi connectivity index (χ4v) is 1.64. The van der Waals surface area contributed by atoms with Crippen molar-refractivity contribution in [3.8, 4) is 0 Å². The van der Waals surface area contributed by atoms with Crippen molar-refractivity contribution in [2.75, 3.05) is 6.54 Å². The zero-order valence-electron chi connectivity index (χ0n) is 11.6. The number of esters is 1. The van der Waals surface area contributed by atoms with Gasteiger partial charge in [-0.25, -0.2) is 14.6 Å². The van der Waals surface area contributed by atoms with E-state index < -0.39 is 6.23 Å². The van der Waals surface area contributed by atoms with Gasteiger partial charge in [-0.15, -0.1) is 0 Å². The van der Waals surface area contributed by atoms with Crippen LogP contribution in [-0.4, -0.2) is 30.9 Å². The SMILES string of the molecule is CCC(N=C=O)OC(=O)C(CCCN=C=O)C(C)C. The number of carbonyl (C=O) groups is 1. The maximum absolute atomic E-state index is 12.0. The first-order valence-electron chi connectivity index (χ1n) is 6.37. The minimum absolute atomic E-state index is 0.102. The summed E-state index contributed by atoms with van der Waals surface area (Å²) in [5.41, 5.74) is 0. The van der Waals surface area contributed by atoms with Gasteiger partial charge in [0.25, 0.3) is 0 Å². The first kappa shape index (κ1) is 17.2. The molecule has 0 rings (SSSR count). The number of hydrogen-bond acceptors (Lipinski definition) is 6. The molecule has 19 heavy (non-hydrogen) atoms. The van der Waals surface area contributed by atoms with Crippen LogP contribution in [0.4, 0.5) is 0 Å². The van der Waals surface area contributed by atoms with E-state index in [4.69, 9.17) is 4.74 Å². The van der Waals surface area contributed by atoms with Gasteiger partial charge in [0.2, 0.25) is 18.4 Å². The Balaban J connectivity index is 4.47. The fourth-order valence-electron chi connectivity index (χ4n) is 1.64. The lowest BCUT2D eigenvalue weighted by molar-refractivity contribution is -0.155. The molecule has 0 aromatic heterocycles. The number of carbonyl (C=O) groups excluding carboxylic acids is 3. The Morgan fingerprint density at radius 1 is 1.26 bits per heavy atom. The Bertz CT molecular complexity index is 369. The van der Waals surface area contributed by atoms with E-state index in [1.165, 1.54) is 12.2 Å². The predicted molar refractivity (Wildman–Crippen MR) is 68.8 cm³/mol. The van der Waals surface area contributed by atoms with Crippen LogP contribution in [0.25, 0.3) is 0 Å². The number of isocyanates is 2. The third-order valence-electron chi connectivity index (χ3n) is 2.76. The van der Waals surface area contributed by atoms with Crippen molar-refractivity contribution in [2.45, 2.75) is 46.3 Å². The third kappa shape index (κ3) is 7.29. The van der Waals surface area contributed by atoms with Gasteiger partial charge in [-0.3, -0.25) is 4.79 Å². The van der Waals surface area contributed by atoms with Gasteiger partial charge < -0.3 is 4.74 Å². The topological polar surface area (TPSA) is 85.2 Å². The van der Waals surface area contributed by atoms with E-state index in [0.29, 0.717) is 25.8 Å². The van der Waals surface area contributed by atoms with Crippen LogP contribution >= 0.6 is 0 Å². The number of aliphatic imine (C=N–C) groups is 2. The summed E-state index contributed by atoms with van der Waals surface area (Å²) < 4.78 is 5.14. The molecule has 6 heteroatoms. The zero-order chi connectivity index (χ0) is 14.7. The van der Waals surface area contributed by atoms with Crippen molar-refractivity contribution in [1.29, 1.82) is 0 Å². The van der Waals surface area contributed by atoms with Gasteiger partial charge in [0, 0.05) is 6.42 Å². The highest BCUT2D eigenvalue weighted by Crippen LogP contribution is 2.20. The summed E-state index contributed by atoms with van der Waals surface area (Å²) in [5, 5.41) is 0. The van der Waals surface area contributed by atoms with Gasteiger partial charge >= 0.3 is 5.97 Å². The molecule has 0 aromatic carbocycles. The molecule has 0 aliphatic carbocycles. The average Bonchev–Trinajstić information content (AvgIpc) is 2.37. The molecule has 0 bridgehead atoms. The highest BCUT2D eigenvalue weighted by Gasteiger charge is 2.25. The van der Waals surface area contributed by atoms with E-state index in [-0.39, 0.29) is 17.8 Å². The van der Waals surface area contributed by atoms with E-state index >= 15 is 0 Å². The summed E-state index contributed by atoms with van der Waals surface area (Å²) in [7, 11) is 0. The highest BCUT2D eigenvalue weighted by atomic mass is 16.6. The Morgan fingerprint density at radius 2 is 1.95 bits per heavy atom. The van der Waals surface area contributed by atoms with Gasteiger partial charge in [-0.1, -0.05) is 20.8 Å². The molecule has 0 saturated heterocycles. The molecule has 0 spiro atoms. The Morgan fingerprint density at radius 3 is 2.42 bits per heavy atom. The molecule has 2 unspecified atom stereocenters. The van der Waals surface area contributed by atoms with Crippen molar-refractivity contribution in [3.63, 3.8) is 0 Å². The van der Waals surface area contributed by atoms with Crippen LogP contribution in [0.1, 0.15) is 40.0 Å². The lowest BCUT2D eigenvalue weighted by atomic mass is 9.91. The molecular formula is C13H20N2O4. The maximum atomic E-state index is 12.0. The molecule has 106 valence electrons. The normalized spacial score (nSPS) is 13.1. The van der Waals surface area contributed by atoms with Crippen LogP contribution in [0.2, 0.25) is 0 Å². The lowest BCUT2D eigenvalue weighted by Crippen LogP contribution is -2.26. The van der Waals surface area contributed by atoms with Gasteiger partial charge in [-0.2, -0.15) is 4.99 Å². The lowest BCUT2D eigenvalue weighted by Gasteiger charge is -2.20. The summed E-state index contributed by atoms with van der Waals surface area (Å²) in [6.07, 6.45) is 3.70. The second-order valence-electron chi connectivity index (χ2n) is 4.49. The van der Waals surface area contributed by atoms with E-state index in [1.54, 1.807) is 6.92 Å². The number of rotatable bonds is 9. The monoisotopic (exact) mass is 268 g/mol. The molecule has 0 saturated carbocycles. The fraction of sp³-hybridized carbons (Fsp3) is 0.769.